The van der Waals surface area contributed by atoms with Crippen LogP contribution in [0.3, 0.4) is 0 Å². The van der Waals surface area contributed by atoms with Crippen molar-refractivity contribution in [2.75, 3.05) is 11.4 Å². The van der Waals surface area contributed by atoms with Crippen molar-refractivity contribution in [1.82, 2.24) is 5.48 Å². The first kappa shape index (κ1) is 19.0. The molecule has 1 N–H and O–H groups in total. The van der Waals surface area contributed by atoms with Crippen LogP contribution in [0.5, 0.6) is 0 Å². The van der Waals surface area contributed by atoms with E-state index >= 15 is 0 Å². The zero-order chi connectivity index (χ0) is 18.2. The van der Waals surface area contributed by atoms with Crippen LogP contribution in [-0.2, 0) is 21.0 Å². The van der Waals surface area contributed by atoms with Crippen molar-refractivity contribution in [1.29, 1.82) is 0 Å². The van der Waals surface area contributed by atoms with E-state index in [2.05, 4.69) is 5.48 Å². The third-order valence-corrected chi connectivity index (χ3v) is 3.77. The fourth-order valence-electron chi connectivity index (χ4n) is 2.31. The normalized spacial score (nSPS) is 11.6. The number of alkyl halides is 1. The fraction of sp³-hybridized carbons (Fsp3) is 0.263. The number of aryl methyl sites for hydroxylation is 1. The Morgan fingerprint density at radius 1 is 1.12 bits per heavy atom. The lowest BCUT2D eigenvalue weighted by Crippen LogP contribution is -2.43. The standard InChI is InChI=1S/C19H21ClN2O3/c1-14-8-6-7-11-17(14)22(19(24)15(2)20)12-18(23)21-25-13-16-9-4-3-5-10-16/h3-11,15H,12-13H2,1-2H3,(H,21,23). The summed E-state index contributed by atoms with van der Waals surface area (Å²) in [6.07, 6.45) is 0. The van der Waals surface area contributed by atoms with Crippen LogP contribution >= 0.6 is 11.6 Å². The van der Waals surface area contributed by atoms with Gasteiger partial charge >= 0.3 is 0 Å². The Morgan fingerprint density at radius 2 is 1.76 bits per heavy atom. The highest BCUT2D eigenvalue weighted by Crippen LogP contribution is 2.21. The van der Waals surface area contributed by atoms with Crippen LogP contribution in [0.25, 0.3) is 0 Å². The van der Waals surface area contributed by atoms with Gasteiger partial charge in [0.1, 0.15) is 11.9 Å². The fourth-order valence-corrected chi connectivity index (χ4v) is 2.43. The second-order valence-corrected chi connectivity index (χ2v) is 6.28. The summed E-state index contributed by atoms with van der Waals surface area (Å²) in [6.45, 7) is 3.53. The number of carbonyl (C=O) groups excluding carboxylic acids is 2. The topological polar surface area (TPSA) is 58.6 Å². The molecule has 2 amide bonds. The Bertz CT molecular complexity index is 720. The van der Waals surface area contributed by atoms with Gasteiger partial charge in [0, 0.05) is 5.69 Å². The summed E-state index contributed by atoms with van der Waals surface area (Å²) >= 11 is 5.94. The van der Waals surface area contributed by atoms with Gasteiger partial charge in [-0.2, -0.15) is 0 Å². The van der Waals surface area contributed by atoms with Crippen LogP contribution in [0.15, 0.2) is 54.6 Å². The second-order valence-electron chi connectivity index (χ2n) is 5.63. The van der Waals surface area contributed by atoms with Gasteiger partial charge in [-0.3, -0.25) is 14.4 Å². The van der Waals surface area contributed by atoms with Gasteiger partial charge in [-0.1, -0.05) is 48.5 Å². The van der Waals surface area contributed by atoms with E-state index in [0.29, 0.717) is 5.69 Å². The van der Waals surface area contributed by atoms with E-state index in [9.17, 15) is 9.59 Å². The molecular weight excluding hydrogens is 340 g/mol. The van der Waals surface area contributed by atoms with Crippen LogP contribution in [0.4, 0.5) is 5.69 Å². The van der Waals surface area contributed by atoms with Crippen LogP contribution in [0.2, 0.25) is 0 Å². The van der Waals surface area contributed by atoms with Crippen molar-refractivity contribution in [2.45, 2.75) is 25.8 Å². The average Bonchev–Trinajstić information content (AvgIpc) is 2.60. The van der Waals surface area contributed by atoms with E-state index in [0.717, 1.165) is 11.1 Å². The third-order valence-electron chi connectivity index (χ3n) is 3.58. The summed E-state index contributed by atoms with van der Waals surface area (Å²) in [6, 6.07) is 16.8. The predicted octanol–water partition coefficient (Wildman–Crippen LogP) is 3.20. The molecule has 0 aromatic heterocycles. The maximum absolute atomic E-state index is 12.4. The molecule has 1 atom stereocenters. The lowest BCUT2D eigenvalue weighted by atomic mass is 10.1. The van der Waals surface area contributed by atoms with Crippen molar-refractivity contribution in [2.24, 2.45) is 0 Å². The maximum Gasteiger partial charge on any atom is 0.263 e. The first-order valence-electron chi connectivity index (χ1n) is 7.94. The molecule has 5 nitrogen and oxygen atoms in total. The van der Waals surface area contributed by atoms with Gasteiger partial charge in [0.2, 0.25) is 5.91 Å². The van der Waals surface area contributed by atoms with E-state index in [1.54, 1.807) is 13.0 Å². The zero-order valence-corrected chi connectivity index (χ0v) is 15.0. The Balaban J connectivity index is 2.00. The average molecular weight is 361 g/mol. The molecule has 132 valence electrons. The zero-order valence-electron chi connectivity index (χ0n) is 14.2. The number of halogens is 1. The van der Waals surface area contributed by atoms with Crippen LogP contribution in [0.1, 0.15) is 18.1 Å². The molecule has 0 aliphatic carbocycles. The molecule has 2 aromatic rings. The van der Waals surface area contributed by atoms with Gasteiger partial charge in [0.15, 0.2) is 0 Å². The molecule has 0 spiro atoms. The molecule has 0 saturated heterocycles. The molecular formula is C19H21ClN2O3. The number of hydroxylamine groups is 1. The first-order valence-corrected chi connectivity index (χ1v) is 8.38. The van der Waals surface area contributed by atoms with Crippen molar-refractivity contribution in [3.8, 4) is 0 Å². The number of benzene rings is 2. The number of nitrogens with one attached hydrogen (secondary N) is 1. The number of rotatable bonds is 7. The number of anilines is 1. The lowest BCUT2D eigenvalue weighted by Gasteiger charge is -2.25. The summed E-state index contributed by atoms with van der Waals surface area (Å²) in [4.78, 5) is 31.2. The Morgan fingerprint density at radius 3 is 2.40 bits per heavy atom. The van der Waals surface area contributed by atoms with Gasteiger partial charge in [0.05, 0.1) is 6.61 Å². The summed E-state index contributed by atoms with van der Waals surface area (Å²) in [5.74, 6) is -0.765. The van der Waals surface area contributed by atoms with Gasteiger partial charge in [-0.05, 0) is 31.0 Å². The minimum atomic E-state index is -0.738. The van der Waals surface area contributed by atoms with Crippen molar-refractivity contribution in [3.63, 3.8) is 0 Å². The molecule has 2 rings (SSSR count). The summed E-state index contributed by atoms with van der Waals surface area (Å²) in [5, 5.41) is -0.738. The molecule has 0 aliphatic heterocycles. The lowest BCUT2D eigenvalue weighted by molar-refractivity contribution is -0.134. The smallest absolute Gasteiger partial charge is 0.263 e. The summed E-state index contributed by atoms with van der Waals surface area (Å²) < 4.78 is 0. The molecule has 0 heterocycles. The van der Waals surface area contributed by atoms with E-state index in [1.807, 2.05) is 55.5 Å². The molecule has 0 aliphatic rings. The van der Waals surface area contributed by atoms with E-state index in [4.69, 9.17) is 16.4 Å². The molecule has 0 saturated carbocycles. The molecule has 1 unspecified atom stereocenters. The molecule has 0 radical (unpaired) electrons. The first-order chi connectivity index (χ1) is 12.0. The monoisotopic (exact) mass is 360 g/mol. The molecule has 2 aromatic carbocycles. The highest BCUT2D eigenvalue weighted by Gasteiger charge is 2.24. The highest BCUT2D eigenvalue weighted by atomic mass is 35.5. The molecule has 0 bridgehead atoms. The summed E-state index contributed by atoms with van der Waals surface area (Å²) in [5.41, 5.74) is 4.83. The number of nitrogens with zero attached hydrogens (tertiary/aromatic N) is 1. The van der Waals surface area contributed by atoms with E-state index in [1.165, 1.54) is 4.90 Å². The number of hydrogen-bond donors (Lipinski definition) is 1. The number of carbonyl (C=O) groups is 2. The van der Waals surface area contributed by atoms with Gasteiger partial charge in [0.25, 0.3) is 5.91 Å². The van der Waals surface area contributed by atoms with Gasteiger partial charge in [-0.25, -0.2) is 5.48 Å². The Labute approximate surface area is 152 Å². The molecule has 25 heavy (non-hydrogen) atoms. The Kier molecular flexibility index (Phi) is 6.98. The van der Waals surface area contributed by atoms with Crippen LogP contribution in [0, 0.1) is 6.92 Å². The SMILES string of the molecule is Cc1ccccc1N(CC(=O)NOCc1ccccc1)C(=O)C(C)Cl. The van der Waals surface area contributed by atoms with E-state index in [-0.39, 0.29) is 19.1 Å². The van der Waals surface area contributed by atoms with Crippen molar-refractivity contribution in [3.05, 3.63) is 65.7 Å². The Hall–Kier alpha value is -2.37. The van der Waals surface area contributed by atoms with Crippen molar-refractivity contribution >= 4 is 29.1 Å². The molecule has 6 heteroatoms. The largest absolute Gasteiger partial charge is 0.301 e. The maximum atomic E-state index is 12.4. The van der Waals surface area contributed by atoms with Crippen LogP contribution < -0.4 is 10.4 Å². The van der Waals surface area contributed by atoms with Crippen LogP contribution in [-0.4, -0.2) is 23.7 Å². The number of para-hydroxylation sites is 1. The summed E-state index contributed by atoms with van der Waals surface area (Å²) in [7, 11) is 0. The van der Waals surface area contributed by atoms with Crippen molar-refractivity contribution < 1.29 is 14.4 Å². The molecule has 0 fully saturated rings. The minimum Gasteiger partial charge on any atom is -0.301 e. The number of hydrogen-bond acceptors (Lipinski definition) is 3. The highest BCUT2D eigenvalue weighted by molar-refractivity contribution is 6.32. The van der Waals surface area contributed by atoms with Gasteiger partial charge < -0.3 is 4.90 Å². The quantitative estimate of drug-likeness (QED) is 0.609. The predicted molar refractivity (Wildman–Crippen MR) is 98.2 cm³/mol. The third kappa shape index (κ3) is 5.59. The second kappa shape index (κ2) is 9.20. The number of amides is 2. The minimum absolute atomic E-state index is 0.171. The van der Waals surface area contributed by atoms with Gasteiger partial charge in [-0.15, -0.1) is 11.6 Å². The van der Waals surface area contributed by atoms with E-state index < -0.39 is 11.3 Å².